The molecule has 0 aliphatic carbocycles. The molecule has 3 aromatic rings. The van der Waals surface area contributed by atoms with Gasteiger partial charge in [-0.1, -0.05) is 30.3 Å². The number of halogens is 2. The highest BCUT2D eigenvalue weighted by atomic mass is 19.2. The van der Waals surface area contributed by atoms with Crippen LogP contribution in [-0.4, -0.2) is 10.8 Å². The Morgan fingerprint density at radius 1 is 1.09 bits per heavy atom. The number of ketones is 1. The number of aromatic amines is 1. The number of H-pyrrole nitrogens is 1. The molecule has 1 aromatic heterocycles. The number of nitrogens with one attached hydrogen (secondary N) is 1. The van der Waals surface area contributed by atoms with Gasteiger partial charge in [0.15, 0.2) is 17.4 Å². The number of para-hydroxylation sites is 1. The second-order valence-electron chi connectivity index (χ2n) is 5.04. The summed E-state index contributed by atoms with van der Waals surface area (Å²) in [4.78, 5) is 15.5. The number of rotatable bonds is 3. The number of benzene rings is 2. The van der Waals surface area contributed by atoms with Gasteiger partial charge in [-0.25, -0.2) is 8.78 Å². The van der Waals surface area contributed by atoms with E-state index in [-0.39, 0.29) is 5.78 Å². The summed E-state index contributed by atoms with van der Waals surface area (Å²) in [5, 5.41) is 0.847. The smallest absolute Gasteiger partial charge is 0.188 e. The Morgan fingerprint density at radius 3 is 2.64 bits per heavy atom. The van der Waals surface area contributed by atoms with Crippen molar-refractivity contribution >= 4 is 22.8 Å². The van der Waals surface area contributed by atoms with Crippen LogP contribution in [-0.2, 0) is 0 Å². The SMILES string of the molecule is Cc1[nH]c2ccccc2c1C(=O)C=Cc1ccc(F)c(F)c1. The summed E-state index contributed by atoms with van der Waals surface area (Å²) in [6, 6.07) is 11.0. The van der Waals surface area contributed by atoms with Crippen LogP contribution in [0.1, 0.15) is 21.6 Å². The van der Waals surface area contributed by atoms with E-state index < -0.39 is 11.6 Å². The highest BCUT2D eigenvalue weighted by Crippen LogP contribution is 2.23. The maximum Gasteiger partial charge on any atom is 0.188 e. The Labute approximate surface area is 126 Å². The zero-order valence-corrected chi connectivity index (χ0v) is 11.9. The molecule has 2 aromatic carbocycles. The zero-order valence-electron chi connectivity index (χ0n) is 11.9. The lowest BCUT2D eigenvalue weighted by molar-refractivity contribution is 0.104. The van der Waals surface area contributed by atoms with Gasteiger partial charge >= 0.3 is 0 Å². The number of fused-ring (bicyclic) bond motifs is 1. The van der Waals surface area contributed by atoms with Crippen LogP contribution in [0.3, 0.4) is 0 Å². The topological polar surface area (TPSA) is 32.9 Å². The lowest BCUT2D eigenvalue weighted by atomic mass is 10.1. The van der Waals surface area contributed by atoms with E-state index in [0.29, 0.717) is 11.1 Å². The molecule has 0 saturated heterocycles. The highest BCUT2D eigenvalue weighted by Gasteiger charge is 2.13. The van der Waals surface area contributed by atoms with Crippen molar-refractivity contribution in [1.29, 1.82) is 0 Å². The molecule has 4 heteroatoms. The van der Waals surface area contributed by atoms with Gasteiger partial charge < -0.3 is 4.98 Å². The number of carbonyl (C=O) groups excluding carboxylic acids is 1. The summed E-state index contributed by atoms with van der Waals surface area (Å²) in [5.74, 6) is -2.02. The van der Waals surface area contributed by atoms with Crippen molar-refractivity contribution < 1.29 is 13.6 Å². The lowest BCUT2D eigenvalue weighted by Crippen LogP contribution is -1.95. The number of carbonyl (C=O) groups is 1. The third kappa shape index (κ3) is 2.55. The van der Waals surface area contributed by atoms with E-state index >= 15 is 0 Å². The van der Waals surface area contributed by atoms with Crippen LogP contribution in [0.25, 0.3) is 17.0 Å². The van der Waals surface area contributed by atoms with Gasteiger partial charge in [0.1, 0.15) is 0 Å². The van der Waals surface area contributed by atoms with Crippen LogP contribution in [0, 0.1) is 18.6 Å². The quantitative estimate of drug-likeness (QED) is 0.554. The largest absolute Gasteiger partial charge is 0.358 e. The first kappa shape index (κ1) is 14.2. The molecule has 0 spiro atoms. The Bertz CT molecular complexity index is 893. The third-order valence-corrected chi connectivity index (χ3v) is 3.51. The number of hydrogen-bond acceptors (Lipinski definition) is 1. The predicted molar refractivity (Wildman–Crippen MR) is 82.8 cm³/mol. The van der Waals surface area contributed by atoms with Gasteiger partial charge in [-0.15, -0.1) is 0 Å². The molecule has 0 bridgehead atoms. The van der Waals surface area contributed by atoms with Crippen molar-refractivity contribution in [3.63, 3.8) is 0 Å². The van der Waals surface area contributed by atoms with Gasteiger partial charge in [-0.3, -0.25) is 4.79 Å². The van der Waals surface area contributed by atoms with Crippen LogP contribution in [0.4, 0.5) is 8.78 Å². The van der Waals surface area contributed by atoms with E-state index in [2.05, 4.69) is 4.98 Å². The molecule has 0 aliphatic heterocycles. The molecular weight excluding hydrogens is 284 g/mol. The van der Waals surface area contributed by atoms with Gasteiger partial charge in [0, 0.05) is 16.6 Å². The van der Waals surface area contributed by atoms with E-state index in [1.54, 1.807) is 0 Å². The summed E-state index contributed by atoms with van der Waals surface area (Å²) in [6.45, 7) is 1.83. The van der Waals surface area contributed by atoms with Crippen LogP contribution in [0.15, 0.2) is 48.5 Å². The minimum Gasteiger partial charge on any atom is -0.358 e. The van der Waals surface area contributed by atoms with Crippen LogP contribution in [0.2, 0.25) is 0 Å². The second kappa shape index (κ2) is 5.56. The van der Waals surface area contributed by atoms with Crippen LogP contribution in [0.5, 0.6) is 0 Å². The zero-order chi connectivity index (χ0) is 15.7. The number of aryl methyl sites for hydroxylation is 1. The van der Waals surface area contributed by atoms with Crippen LogP contribution < -0.4 is 0 Å². The molecule has 1 heterocycles. The van der Waals surface area contributed by atoms with Crippen molar-refractivity contribution in [2.75, 3.05) is 0 Å². The van der Waals surface area contributed by atoms with Crippen molar-refractivity contribution in [1.82, 2.24) is 4.98 Å². The molecule has 0 amide bonds. The van der Waals surface area contributed by atoms with Crippen LogP contribution >= 0.6 is 0 Å². The standard InChI is InChI=1S/C18H13F2NO/c1-11-18(13-4-2-3-5-16(13)21-11)17(22)9-7-12-6-8-14(19)15(20)10-12/h2-10,21H,1H3. The Balaban J connectivity index is 1.94. The normalized spacial score (nSPS) is 11.4. The fourth-order valence-corrected chi connectivity index (χ4v) is 2.47. The molecule has 0 fully saturated rings. The Morgan fingerprint density at radius 2 is 1.86 bits per heavy atom. The summed E-state index contributed by atoms with van der Waals surface area (Å²) in [7, 11) is 0. The highest BCUT2D eigenvalue weighted by molar-refractivity contribution is 6.15. The maximum atomic E-state index is 13.2. The van der Waals surface area contributed by atoms with Gasteiger partial charge in [-0.2, -0.15) is 0 Å². The van der Waals surface area contributed by atoms with Crippen molar-refractivity contribution in [3.8, 4) is 0 Å². The summed E-state index contributed by atoms with van der Waals surface area (Å²) >= 11 is 0. The summed E-state index contributed by atoms with van der Waals surface area (Å²) in [5.41, 5.74) is 2.70. The second-order valence-corrected chi connectivity index (χ2v) is 5.04. The fourth-order valence-electron chi connectivity index (χ4n) is 2.47. The first-order valence-electron chi connectivity index (χ1n) is 6.81. The minimum absolute atomic E-state index is 0.181. The number of hydrogen-bond donors (Lipinski definition) is 1. The van der Waals surface area contributed by atoms with Crippen molar-refractivity contribution in [3.05, 3.63) is 77.0 Å². The first-order chi connectivity index (χ1) is 10.6. The van der Waals surface area contributed by atoms with E-state index in [1.165, 1.54) is 18.2 Å². The fraction of sp³-hybridized carbons (Fsp3) is 0.0556. The lowest BCUT2D eigenvalue weighted by Gasteiger charge is -1.97. The molecular formula is C18H13F2NO. The van der Waals surface area contributed by atoms with Gasteiger partial charge in [-0.05, 0) is 36.8 Å². The Kier molecular flexibility index (Phi) is 3.59. The molecule has 2 nitrogen and oxygen atoms in total. The molecule has 0 saturated carbocycles. The molecule has 3 rings (SSSR count). The van der Waals surface area contributed by atoms with E-state index in [0.717, 1.165) is 28.7 Å². The van der Waals surface area contributed by atoms with Crippen molar-refractivity contribution in [2.24, 2.45) is 0 Å². The third-order valence-electron chi connectivity index (χ3n) is 3.51. The molecule has 1 N–H and O–H groups in total. The predicted octanol–water partition coefficient (Wildman–Crippen LogP) is 4.65. The van der Waals surface area contributed by atoms with Crippen molar-refractivity contribution in [2.45, 2.75) is 6.92 Å². The molecule has 22 heavy (non-hydrogen) atoms. The summed E-state index contributed by atoms with van der Waals surface area (Å²) in [6.07, 6.45) is 2.85. The number of allylic oxidation sites excluding steroid dienone is 1. The monoisotopic (exact) mass is 297 g/mol. The van der Waals surface area contributed by atoms with Gasteiger partial charge in [0.05, 0.1) is 5.56 Å². The van der Waals surface area contributed by atoms with Gasteiger partial charge in [0.2, 0.25) is 0 Å². The maximum absolute atomic E-state index is 13.2. The average Bonchev–Trinajstić information content (AvgIpc) is 2.84. The molecule has 0 radical (unpaired) electrons. The minimum atomic E-state index is -0.933. The molecule has 0 aliphatic rings. The molecule has 0 atom stereocenters. The summed E-state index contributed by atoms with van der Waals surface area (Å²) < 4.78 is 26.0. The van der Waals surface area contributed by atoms with E-state index in [1.807, 2.05) is 31.2 Å². The molecule has 110 valence electrons. The average molecular weight is 297 g/mol. The van der Waals surface area contributed by atoms with E-state index in [4.69, 9.17) is 0 Å². The van der Waals surface area contributed by atoms with E-state index in [9.17, 15) is 13.6 Å². The first-order valence-corrected chi connectivity index (χ1v) is 6.81. The molecule has 0 unspecified atom stereocenters. The number of aromatic nitrogens is 1. The Hall–Kier alpha value is -2.75. The van der Waals surface area contributed by atoms with Gasteiger partial charge in [0.25, 0.3) is 0 Å².